The summed E-state index contributed by atoms with van der Waals surface area (Å²) in [6.45, 7) is 7.41. The molecule has 0 radical (unpaired) electrons. The number of sulfonamides is 1. The van der Waals surface area contributed by atoms with Gasteiger partial charge in [-0.05, 0) is 44.9 Å². The van der Waals surface area contributed by atoms with Crippen molar-refractivity contribution in [3.63, 3.8) is 0 Å². The zero-order valence-corrected chi connectivity index (χ0v) is 17.5. The largest absolute Gasteiger partial charge is 0.489 e. The molecule has 1 saturated carbocycles. The first-order chi connectivity index (χ1) is 13.2. The molecule has 1 fully saturated rings. The average Bonchev–Trinajstić information content (AvgIpc) is 3.46. The van der Waals surface area contributed by atoms with Crippen molar-refractivity contribution in [3.05, 3.63) is 18.2 Å². The van der Waals surface area contributed by atoms with E-state index in [2.05, 4.69) is 5.32 Å². The van der Waals surface area contributed by atoms with E-state index in [9.17, 15) is 18.0 Å². The molecule has 1 aromatic carbocycles. The molecule has 9 heteroatoms. The van der Waals surface area contributed by atoms with Crippen molar-refractivity contribution >= 4 is 27.6 Å². The lowest BCUT2D eigenvalue weighted by atomic mass is 10.3. The molecule has 156 valence electrons. The van der Waals surface area contributed by atoms with E-state index in [0.29, 0.717) is 18.8 Å². The van der Waals surface area contributed by atoms with Crippen LogP contribution in [-0.4, -0.2) is 50.4 Å². The molecule has 0 bridgehead atoms. The molecule has 1 amide bonds. The van der Waals surface area contributed by atoms with E-state index < -0.39 is 22.5 Å². The van der Waals surface area contributed by atoms with Gasteiger partial charge in [0.15, 0.2) is 6.61 Å². The van der Waals surface area contributed by atoms with Crippen LogP contribution in [0.15, 0.2) is 23.1 Å². The number of anilines is 1. The monoisotopic (exact) mass is 412 g/mol. The van der Waals surface area contributed by atoms with E-state index in [-0.39, 0.29) is 28.6 Å². The van der Waals surface area contributed by atoms with Crippen molar-refractivity contribution in [1.82, 2.24) is 4.31 Å². The maximum absolute atomic E-state index is 12.8. The van der Waals surface area contributed by atoms with Crippen molar-refractivity contribution in [3.8, 4) is 5.75 Å². The number of nitrogens with zero attached hydrogens (tertiary/aromatic N) is 1. The highest BCUT2D eigenvalue weighted by Gasteiger charge is 2.31. The lowest BCUT2D eigenvalue weighted by Gasteiger charge is -2.20. The second-order valence-corrected chi connectivity index (χ2v) is 8.78. The van der Waals surface area contributed by atoms with E-state index in [1.54, 1.807) is 13.8 Å². The number of hydrogen-bond acceptors (Lipinski definition) is 6. The molecular weight excluding hydrogens is 384 g/mol. The van der Waals surface area contributed by atoms with Gasteiger partial charge in [-0.1, -0.05) is 13.8 Å². The smallest absolute Gasteiger partial charge is 0.309 e. The molecule has 1 aliphatic rings. The third-order valence-electron chi connectivity index (χ3n) is 4.19. The molecule has 0 atom stereocenters. The van der Waals surface area contributed by atoms with Crippen LogP contribution >= 0.6 is 0 Å². The number of carbonyl (C=O) groups is 2. The Kier molecular flexibility index (Phi) is 7.42. The maximum atomic E-state index is 12.8. The summed E-state index contributed by atoms with van der Waals surface area (Å²) in [7, 11) is -3.69. The molecule has 1 aliphatic carbocycles. The first kappa shape index (κ1) is 22.2. The first-order valence-electron chi connectivity index (χ1n) is 9.46. The fraction of sp³-hybridized carbons (Fsp3) is 0.579. The molecule has 0 aliphatic heterocycles. The second-order valence-electron chi connectivity index (χ2n) is 6.84. The zero-order valence-electron chi connectivity index (χ0n) is 16.7. The Morgan fingerprint density at radius 1 is 1.21 bits per heavy atom. The average molecular weight is 413 g/mol. The predicted molar refractivity (Wildman–Crippen MR) is 105 cm³/mol. The Morgan fingerprint density at radius 2 is 1.86 bits per heavy atom. The van der Waals surface area contributed by atoms with Gasteiger partial charge in [0.05, 0.1) is 22.6 Å². The molecule has 1 N–H and O–H groups in total. The number of rotatable bonds is 10. The molecule has 0 spiro atoms. The van der Waals surface area contributed by atoms with Gasteiger partial charge >= 0.3 is 5.97 Å². The van der Waals surface area contributed by atoms with Gasteiger partial charge in [0.25, 0.3) is 5.91 Å². The van der Waals surface area contributed by atoms with Crippen molar-refractivity contribution in [2.45, 2.75) is 51.5 Å². The third-order valence-corrected chi connectivity index (χ3v) is 6.23. The van der Waals surface area contributed by atoms with E-state index in [4.69, 9.17) is 9.47 Å². The van der Waals surface area contributed by atoms with Gasteiger partial charge in [0, 0.05) is 13.1 Å². The highest BCUT2D eigenvalue weighted by Crippen LogP contribution is 2.31. The minimum Gasteiger partial charge on any atom is -0.489 e. The maximum Gasteiger partial charge on any atom is 0.309 e. The molecule has 0 unspecified atom stereocenters. The van der Waals surface area contributed by atoms with Crippen LogP contribution in [0.5, 0.6) is 5.75 Å². The van der Waals surface area contributed by atoms with E-state index in [1.165, 1.54) is 22.5 Å². The van der Waals surface area contributed by atoms with Gasteiger partial charge in [-0.15, -0.1) is 0 Å². The van der Waals surface area contributed by atoms with Crippen molar-refractivity contribution in [2.24, 2.45) is 5.92 Å². The predicted octanol–water partition coefficient (Wildman–Crippen LogP) is 2.40. The quantitative estimate of drug-likeness (QED) is 0.592. The molecule has 2 rings (SSSR count). The van der Waals surface area contributed by atoms with Crippen LogP contribution in [0.1, 0.15) is 40.5 Å². The Labute approximate surface area is 166 Å². The Hall–Kier alpha value is -2.13. The lowest BCUT2D eigenvalue weighted by molar-refractivity contribution is -0.148. The molecule has 0 aromatic heterocycles. The number of ether oxygens (including phenoxy) is 2. The summed E-state index contributed by atoms with van der Waals surface area (Å²) in [4.78, 5) is 23.8. The van der Waals surface area contributed by atoms with Crippen LogP contribution in [0.25, 0.3) is 0 Å². The highest BCUT2D eigenvalue weighted by molar-refractivity contribution is 7.89. The van der Waals surface area contributed by atoms with Crippen LogP contribution in [-0.2, 0) is 24.3 Å². The topological polar surface area (TPSA) is 102 Å². The second kappa shape index (κ2) is 9.38. The summed E-state index contributed by atoms with van der Waals surface area (Å²) in [5, 5.41) is 2.59. The zero-order chi connectivity index (χ0) is 20.9. The minimum absolute atomic E-state index is 0.0533. The Bertz CT molecular complexity index is 814. The number of hydrogen-bond donors (Lipinski definition) is 1. The molecule has 8 nitrogen and oxygen atoms in total. The lowest BCUT2D eigenvalue weighted by Crippen LogP contribution is -2.30. The standard InChI is InChI=1S/C19H28N2O6S/c1-5-21(6-2)28(24,25)15-9-10-17(27-13(3)4)16(11-15)20-18(22)12-26-19(23)14-7-8-14/h9-11,13-14H,5-8,12H2,1-4H3,(H,20,22). The van der Waals surface area contributed by atoms with Gasteiger partial charge < -0.3 is 14.8 Å². The fourth-order valence-corrected chi connectivity index (χ4v) is 4.08. The molecular formula is C19H28N2O6S. The summed E-state index contributed by atoms with van der Waals surface area (Å²) in [5.74, 6) is -0.697. The Balaban J connectivity index is 2.22. The molecule has 0 saturated heterocycles. The normalized spacial score (nSPS) is 14.2. The third kappa shape index (κ3) is 5.68. The summed E-state index contributed by atoms with van der Waals surface area (Å²) in [6.07, 6.45) is 1.41. The van der Waals surface area contributed by atoms with Gasteiger partial charge in [-0.2, -0.15) is 4.31 Å². The molecule has 1 aromatic rings. The number of nitrogens with one attached hydrogen (secondary N) is 1. The van der Waals surface area contributed by atoms with Crippen molar-refractivity contribution < 1.29 is 27.5 Å². The highest BCUT2D eigenvalue weighted by atomic mass is 32.2. The van der Waals surface area contributed by atoms with Crippen LogP contribution in [0.4, 0.5) is 5.69 Å². The van der Waals surface area contributed by atoms with Crippen molar-refractivity contribution in [1.29, 1.82) is 0 Å². The molecule has 0 heterocycles. The summed E-state index contributed by atoms with van der Waals surface area (Å²) in [5.41, 5.74) is 0.217. The van der Waals surface area contributed by atoms with Gasteiger partial charge in [0.2, 0.25) is 10.0 Å². The fourth-order valence-electron chi connectivity index (χ4n) is 2.60. The number of esters is 1. The van der Waals surface area contributed by atoms with E-state index >= 15 is 0 Å². The summed E-state index contributed by atoms with van der Waals surface area (Å²) < 4.78 is 37.5. The van der Waals surface area contributed by atoms with Crippen LogP contribution in [0, 0.1) is 5.92 Å². The number of carbonyl (C=O) groups excluding carboxylic acids is 2. The summed E-state index contributed by atoms with van der Waals surface area (Å²) >= 11 is 0. The van der Waals surface area contributed by atoms with Gasteiger partial charge in [-0.3, -0.25) is 9.59 Å². The summed E-state index contributed by atoms with van der Waals surface area (Å²) in [6, 6.07) is 4.34. The van der Waals surface area contributed by atoms with E-state index in [0.717, 1.165) is 12.8 Å². The number of amides is 1. The van der Waals surface area contributed by atoms with E-state index in [1.807, 2.05) is 13.8 Å². The van der Waals surface area contributed by atoms with Gasteiger partial charge in [0.1, 0.15) is 5.75 Å². The minimum atomic E-state index is -3.69. The Morgan fingerprint density at radius 3 is 2.39 bits per heavy atom. The van der Waals surface area contributed by atoms with Crippen LogP contribution in [0.2, 0.25) is 0 Å². The van der Waals surface area contributed by atoms with Crippen LogP contribution < -0.4 is 10.1 Å². The van der Waals surface area contributed by atoms with Gasteiger partial charge in [-0.25, -0.2) is 8.42 Å². The van der Waals surface area contributed by atoms with Crippen LogP contribution in [0.3, 0.4) is 0 Å². The first-order valence-corrected chi connectivity index (χ1v) is 10.9. The SMILES string of the molecule is CCN(CC)S(=O)(=O)c1ccc(OC(C)C)c(NC(=O)COC(=O)C2CC2)c1. The number of benzene rings is 1. The van der Waals surface area contributed by atoms with Crippen molar-refractivity contribution in [2.75, 3.05) is 25.0 Å². The molecule has 28 heavy (non-hydrogen) atoms.